The zero-order valence-electron chi connectivity index (χ0n) is 9.34. The largest absolute Gasteiger partial charge is 0.372 e. The van der Waals surface area contributed by atoms with Crippen LogP contribution in [0.1, 0.15) is 0 Å². The lowest BCUT2D eigenvalue weighted by atomic mass is 10.3. The number of anilines is 3. The number of rotatable bonds is 3. The third kappa shape index (κ3) is 2.40. The van der Waals surface area contributed by atoms with Gasteiger partial charge >= 0.3 is 0 Å². The van der Waals surface area contributed by atoms with Gasteiger partial charge in [-0.2, -0.15) is 0 Å². The third-order valence-electron chi connectivity index (χ3n) is 2.23. The molecule has 94 valence electrons. The van der Waals surface area contributed by atoms with Crippen LogP contribution in [-0.2, 0) is 0 Å². The maximum atomic E-state index is 13.5. The first kappa shape index (κ1) is 12.7. The minimum absolute atomic E-state index is 0.0106. The van der Waals surface area contributed by atoms with Crippen molar-refractivity contribution >= 4 is 33.3 Å². The van der Waals surface area contributed by atoms with Gasteiger partial charge in [-0.25, -0.2) is 18.7 Å². The smallest absolute Gasteiger partial charge is 0.182 e. The maximum Gasteiger partial charge on any atom is 0.182 e. The molecule has 2 aromatic rings. The van der Waals surface area contributed by atoms with E-state index in [1.54, 1.807) is 7.05 Å². The Morgan fingerprint density at radius 1 is 1.17 bits per heavy atom. The molecule has 0 amide bonds. The van der Waals surface area contributed by atoms with Gasteiger partial charge in [0.05, 0.1) is 5.69 Å². The Kier molecular flexibility index (Phi) is 3.71. The maximum absolute atomic E-state index is 13.5. The van der Waals surface area contributed by atoms with Gasteiger partial charge in [0.2, 0.25) is 0 Å². The van der Waals surface area contributed by atoms with E-state index in [2.05, 4.69) is 36.5 Å². The number of nitrogens with one attached hydrogen (secondary N) is 2. The number of hydrogen-bond donors (Lipinski definition) is 2. The fourth-order valence-corrected chi connectivity index (χ4v) is 1.86. The zero-order valence-corrected chi connectivity index (χ0v) is 10.9. The van der Waals surface area contributed by atoms with Crippen molar-refractivity contribution in [1.82, 2.24) is 9.97 Å². The highest BCUT2D eigenvalue weighted by Gasteiger charge is 2.12. The summed E-state index contributed by atoms with van der Waals surface area (Å²) in [6.07, 6.45) is 1.32. The Bertz CT molecular complexity index is 577. The highest BCUT2D eigenvalue weighted by molar-refractivity contribution is 9.10. The van der Waals surface area contributed by atoms with E-state index in [4.69, 9.17) is 0 Å². The molecule has 1 aromatic carbocycles. The van der Waals surface area contributed by atoms with E-state index < -0.39 is 11.6 Å². The highest BCUT2D eigenvalue weighted by atomic mass is 79.9. The van der Waals surface area contributed by atoms with Crippen LogP contribution >= 0.6 is 15.9 Å². The molecular formula is C11H9BrF2N4. The standard InChI is InChI=1S/C11H9BrF2N4/c1-15-10-8(12)11(17-5-16-10)18-7-4-2-3-6(13)9(7)14/h2-5H,1H3,(H2,15,16,17,18). The van der Waals surface area contributed by atoms with E-state index in [0.717, 1.165) is 6.07 Å². The van der Waals surface area contributed by atoms with Crippen molar-refractivity contribution in [1.29, 1.82) is 0 Å². The molecule has 0 bridgehead atoms. The lowest BCUT2D eigenvalue weighted by molar-refractivity contribution is 0.511. The first-order valence-electron chi connectivity index (χ1n) is 5.02. The number of aromatic nitrogens is 2. The van der Waals surface area contributed by atoms with Gasteiger partial charge in [-0.05, 0) is 28.1 Å². The van der Waals surface area contributed by atoms with Gasteiger partial charge in [-0.3, -0.25) is 0 Å². The van der Waals surface area contributed by atoms with E-state index in [-0.39, 0.29) is 5.69 Å². The molecule has 0 unspecified atom stereocenters. The Hall–Kier alpha value is -1.76. The van der Waals surface area contributed by atoms with Crippen molar-refractivity contribution in [2.45, 2.75) is 0 Å². The van der Waals surface area contributed by atoms with E-state index in [9.17, 15) is 8.78 Å². The molecule has 2 N–H and O–H groups in total. The van der Waals surface area contributed by atoms with Crippen LogP contribution in [0.2, 0.25) is 0 Å². The molecule has 0 aliphatic heterocycles. The molecular weight excluding hydrogens is 306 g/mol. The molecule has 1 aromatic heterocycles. The quantitative estimate of drug-likeness (QED) is 0.912. The monoisotopic (exact) mass is 314 g/mol. The third-order valence-corrected chi connectivity index (χ3v) is 2.98. The summed E-state index contributed by atoms with van der Waals surface area (Å²) in [5, 5.41) is 5.54. The van der Waals surface area contributed by atoms with Crippen molar-refractivity contribution < 1.29 is 8.78 Å². The van der Waals surface area contributed by atoms with Crippen molar-refractivity contribution in [3.63, 3.8) is 0 Å². The summed E-state index contributed by atoms with van der Waals surface area (Å²) in [4.78, 5) is 7.92. The van der Waals surface area contributed by atoms with Gasteiger partial charge in [0, 0.05) is 7.05 Å². The Morgan fingerprint density at radius 2 is 1.89 bits per heavy atom. The second-order valence-electron chi connectivity index (χ2n) is 3.36. The van der Waals surface area contributed by atoms with E-state index in [0.29, 0.717) is 16.1 Å². The van der Waals surface area contributed by atoms with Gasteiger partial charge in [0.1, 0.15) is 22.4 Å². The number of nitrogens with zero attached hydrogens (tertiary/aromatic N) is 2. The average Bonchev–Trinajstić information content (AvgIpc) is 2.37. The van der Waals surface area contributed by atoms with Crippen LogP contribution < -0.4 is 10.6 Å². The summed E-state index contributed by atoms with van der Waals surface area (Å²) in [6, 6.07) is 3.88. The van der Waals surface area contributed by atoms with E-state index in [1.165, 1.54) is 18.5 Å². The minimum Gasteiger partial charge on any atom is -0.372 e. The SMILES string of the molecule is CNc1ncnc(Nc2cccc(F)c2F)c1Br. The summed E-state index contributed by atoms with van der Waals surface area (Å²) in [7, 11) is 1.69. The van der Waals surface area contributed by atoms with E-state index >= 15 is 0 Å². The summed E-state index contributed by atoms with van der Waals surface area (Å²) >= 11 is 3.28. The van der Waals surface area contributed by atoms with Crippen LogP contribution in [0.15, 0.2) is 29.0 Å². The molecule has 0 fully saturated rings. The van der Waals surface area contributed by atoms with Crippen LogP contribution in [0.5, 0.6) is 0 Å². The fourth-order valence-electron chi connectivity index (χ4n) is 1.36. The Morgan fingerprint density at radius 3 is 2.61 bits per heavy atom. The Balaban J connectivity index is 2.37. The molecule has 18 heavy (non-hydrogen) atoms. The summed E-state index contributed by atoms with van der Waals surface area (Å²) in [5.41, 5.74) is 0.0106. The van der Waals surface area contributed by atoms with Crippen LogP contribution in [0.4, 0.5) is 26.1 Å². The topological polar surface area (TPSA) is 49.8 Å². The molecule has 0 aliphatic carbocycles. The Labute approximate surface area is 111 Å². The van der Waals surface area contributed by atoms with Gasteiger partial charge in [0.25, 0.3) is 0 Å². The molecule has 2 rings (SSSR count). The van der Waals surface area contributed by atoms with Crippen LogP contribution in [0.25, 0.3) is 0 Å². The first-order chi connectivity index (χ1) is 8.63. The first-order valence-corrected chi connectivity index (χ1v) is 5.82. The van der Waals surface area contributed by atoms with Crippen LogP contribution in [0, 0.1) is 11.6 Å². The van der Waals surface area contributed by atoms with Gasteiger partial charge in [-0.15, -0.1) is 0 Å². The molecule has 0 spiro atoms. The normalized spacial score (nSPS) is 10.2. The van der Waals surface area contributed by atoms with Crippen LogP contribution in [0.3, 0.4) is 0 Å². The van der Waals surface area contributed by atoms with Gasteiger partial charge in [0.15, 0.2) is 11.6 Å². The predicted octanol–water partition coefficient (Wildman–Crippen LogP) is 3.30. The highest BCUT2D eigenvalue weighted by Crippen LogP contribution is 2.29. The molecule has 0 aliphatic rings. The van der Waals surface area contributed by atoms with Crippen molar-refractivity contribution in [3.05, 3.63) is 40.6 Å². The van der Waals surface area contributed by atoms with Crippen molar-refractivity contribution in [3.8, 4) is 0 Å². The molecule has 1 heterocycles. The summed E-state index contributed by atoms with van der Waals surface area (Å²) in [5.74, 6) is -0.976. The predicted molar refractivity (Wildman–Crippen MR) is 68.9 cm³/mol. The van der Waals surface area contributed by atoms with Crippen molar-refractivity contribution in [2.75, 3.05) is 17.7 Å². The molecule has 0 atom stereocenters. The summed E-state index contributed by atoms with van der Waals surface area (Å²) in [6.45, 7) is 0. The lowest BCUT2D eigenvalue weighted by Crippen LogP contribution is -2.02. The second-order valence-corrected chi connectivity index (χ2v) is 4.15. The van der Waals surface area contributed by atoms with Gasteiger partial charge < -0.3 is 10.6 Å². The number of halogens is 3. The van der Waals surface area contributed by atoms with Crippen LogP contribution in [-0.4, -0.2) is 17.0 Å². The molecule has 4 nitrogen and oxygen atoms in total. The van der Waals surface area contributed by atoms with E-state index in [1.807, 2.05) is 0 Å². The number of hydrogen-bond acceptors (Lipinski definition) is 4. The van der Waals surface area contributed by atoms with Gasteiger partial charge in [-0.1, -0.05) is 6.07 Å². The molecule has 7 heteroatoms. The molecule has 0 saturated heterocycles. The number of benzene rings is 1. The zero-order chi connectivity index (χ0) is 13.1. The molecule has 0 saturated carbocycles. The minimum atomic E-state index is -0.950. The van der Waals surface area contributed by atoms with Crippen molar-refractivity contribution in [2.24, 2.45) is 0 Å². The summed E-state index contributed by atoms with van der Waals surface area (Å²) < 4.78 is 27.1. The molecule has 0 radical (unpaired) electrons. The fraction of sp³-hybridized carbons (Fsp3) is 0.0909. The average molecular weight is 315 g/mol. The lowest BCUT2D eigenvalue weighted by Gasteiger charge is -2.10. The second kappa shape index (κ2) is 5.26.